The molecule has 0 aliphatic rings. The number of hydrogen-bond donors (Lipinski definition) is 1. The number of nitrogens with one attached hydrogen (secondary N) is 1. The Morgan fingerprint density at radius 3 is 2.09 bits per heavy atom. The van der Waals surface area contributed by atoms with Crippen LogP contribution in [-0.4, -0.2) is 43.8 Å². The third kappa shape index (κ3) is 9.45. The standard InChI is InChI=1S/C35H35BrF3N3O4S/c1-24(2)40-34(44)32(20-26-8-5-4-6-9-26)41(22-27-14-16-29(36)17-15-27)33(43)23-42(30-11-7-10-28(21-30)35(37,38)39)47(45,46)31-18-12-25(3)13-19-31/h4-19,21,24,32H,20,22-23H2,1-3H3,(H,40,44)/t32-/m1/s1. The molecule has 1 atom stereocenters. The zero-order valence-electron chi connectivity index (χ0n) is 26.0. The van der Waals surface area contributed by atoms with Gasteiger partial charge in [-0.2, -0.15) is 13.2 Å². The molecule has 47 heavy (non-hydrogen) atoms. The average molecular weight is 731 g/mol. The van der Waals surface area contributed by atoms with Crippen molar-refractivity contribution in [3.05, 3.63) is 130 Å². The molecule has 248 valence electrons. The first kappa shape index (κ1) is 35.7. The number of benzene rings is 4. The van der Waals surface area contributed by atoms with Crippen LogP contribution in [0.3, 0.4) is 0 Å². The van der Waals surface area contributed by atoms with Gasteiger partial charge in [-0.15, -0.1) is 0 Å². The van der Waals surface area contributed by atoms with Crippen molar-refractivity contribution in [2.45, 2.75) is 56.9 Å². The van der Waals surface area contributed by atoms with Gasteiger partial charge in [0.15, 0.2) is 0 Å². The normalized spacial score (nSPS) is 12.4. The first-order valence-corrected chi connectivity index (χ1v) is 17.0. The third-order valence-corrected chi connectivity index (χ3v) is 9.63. The van der Waals surface area contributed by atoms with E-state index in [0.717, 1.165) is 27.7 Å². The first-order chi connectivity index (χ1) is 22.1. The Balaban J connectivity index is 1.84. The van der Waals surface area contributed by atoms with Crippen molar-refractivity contribution >= 4 is 43.5 Å². The van der Waals surface area contributed by atoms with E-state index in [4.69, 9.17) is 0 Å². The molecular formula is C35H35BrF3N3O4S. The maximum absolute atomic E-state index is 14.4. The van der Waals surface area contributed by atoms with Crippen LogP contribution in [0.4, 0.5) is 18.9 Å². The fourth-order valence-corrected chi connectivity index (χ4v) is 6.60. The zero-order valence-corrected chi connectivity index (χ0v) is 28.4. The summed E-state index contributed by atoms with van der Waals surface area (Å²) in [6.45, 7) is 4.38. The molecule has 0 spiro atoms. The van der Waals surface area contributed by atoms with Gasteiger partial charge in [-0.05, 0) is 74.4 Å². The highest BCUT2D eigenvalue weighted by Gasteiger charge is 2.36. The van der Waals surface area contributed by atoms with E-state index in [9.17, 15) is 31.2 Å². The van der Waals surface area contributed by atoms with Gasteiger partial charge < -0.3 is 10.2 Å². The number of carbonyl (C=O) groups is 2. The summed E-state index contributed by atoms with van der Waals surface area (Å²) in [5.41, 5.74) is 0.766. The number of amides is 2. The molecular weight excluding hydrogens is 695 g/mol. The van der Waals surface area contributed by atoms with Crippen molar-refractivity contribution in [1.82, 2.24) is 10.2 Å². The van der Waals surface area contributed by atoms with Gasteiger partial charge in [-0.3, -0.25) is 13.9 Å². The van der Waals surface area contributed by atoms with Crippen molar-refractivity contribution in [3.8, 4) is 0 Å². The number of halogens is 4. The molecule has 7 nitrogen and oxygen atoms in total. The number of hydrogen-bond acceptors (Lipinski definition) is 4. The largest absolute Gasteiger partial charge is 0.416 e. The molecule has 0 aromatic heterocycles. The van der Waals surface area contributed by atoms with Crippen molar-refractivity contribution < 1.29 is 31.2 Å². The van der Waals surface area contributed by atoms with Gasteiger partial charge in [0.2, 0.25) is 11.8 Å². The predicted molar refractivity (Wildman–Crippen MR) is 179 cm³/mol. The molecule has 4 rings (SSSR count). The highest BCUT2D eigenvalue weighted by atomic mass is 79.9. The lowest BCUT2D eigenvalue weighted by Crippen LogP contribution is -2.54. The van der Waals surface area contributed by atoms with Crippen LogP contribution < -0.4 is 9.62 Å². The first-order valence-electron chi connectivity index (χ1n) is 14.8. The second kappa shape index (κ2) is 15.2. The molecule has 0 fully saturated rings. The second-order valence-electron chi connectivity index (χ2n) is 11.4. The van der Waals surface area contributed by atoms with Crippen molar-refractivity contribution in [1.29, 1.82) is 0 Å². The van der Waals surface area contributed by atoms with E-state index in [0.29, 0.717) is 15.9 Å². The molecule has 0 aliphatic heterocycles. The second-order valence-corrected chi connectivity index (χ2v) is 14.2. The number of carbonyl (C=O) groups excluding carboxylic acids is 2. The molecule has 4 aromatic rings. The van der Waals surface area contributed by atoms with Crippen molar-refractivity contribution in [3.63, 3.8) is 0 Å². The highest BCUT2D eigenvalue weighted by molar-refractivity contribution is 9.10. The molecule has 0 unspecified atom stereocenters. The van der Waals surface area contributed by atoms with Crippen LogP contribution in [0.25, 0.3) is 0 Å². The summed E-state index contributed by atoms with van der Waals surface area (Å²) in [6.07, 6.45) is -4.65. The van der Waals surface area contributed by atoms with Gasteiger partial charge in [0.05, 0.1) is 16.1 Å². The van der Waals surface area contributed by atoms with Gasteiger partial charge in [-0.1, -0.05) is 82.2 Å². The van der Waals surface area contributed by atoms with E-state index < -0.39 is 46.2 Å². The minimum Gasteiger partial charge on any atom is -0.352 e. The smallest absolute Gasteiger partial charge is 0.352 e. The van der Waals surface area contributed by atoms with E-state index in [-0.39, 0.29) is 29.6 Å². The third-order valence-electron chi connectivity index (χ3n) is 7.32. The van der Waals surface area contributed by atoms with E-state index in [1.807, 2.05) is 18.2 Å². The van der Waals surface area contributed by atoms with Crippen LogP contribution in [0.5, 0.6) is 0 Å². The molecule has 0 saturated carbocycles. The summed E-state index contributed by atoms with van der Waals surface area (Å²) in [5, 5.41) is 2.87. The van der Waals surface area contributed by atoms with Crippen LogP contribution in [0.15, 0.2) is 112 Å². The van der Waals surface area contributed by atoms with Crippen LogP contribution in [-0.2, 0) is 38.8 Å². The SMILES string of the molecule is Cc1ccc(S(=O)(=O)N(CC(=O)N(Cc2ccc(Br)cc2)[C@H](Cc2ccccc2)C(=O)NC(C)C)c2cccc(C(F)(F)F)c2)cc1. The number of rotatable bonds is 12. The maximum atomic E-state index is 14.4. The highest BCUT2D eigenvalue weighted by Crippen LogP contribution is 2.33. The van der Waals surface area contributed by atoms with Gasteiger partial charge >= 0.3 is 6.18 Å². The summed E-state index contributed by atoms with van der Waals surface area (Å²) >= 11 is 3.39. The lowest BCUT2D eigenvalue weighted by Gasteiger charge is -2.34. The Hall–Kier alpha value is -4.16. The summed E-state index contributed by atoms with van der Waals surface area (Å²) in [6, 6.07) is 24.4. The Bertz CT molecular complexity index is 1780. The van der Waals surface area contributed by atoms with Gasteiger partial charge in [0, 0.05) is 23.5 Å². The lowest BCUT2D eigenvalue weighted by molar-refractivity contribution is -0.140. The van der Waals surface area contributed by atoms with Crippen LogP contribution in [0.1, 0.15) is 36.1 Å². The molecule has 0 saturated heterocycles. The van der Waals surface area contributed by atoms with Gasteiger partial charge in [0.1, 0.15) is 12.6 Å². The Kier molecular flexibility index (Phi) is 11.5. The van der Waals surface area contributed by atoms with E-state index in [1.54, 1.807) is 69.3 Å². The lowest BCUT2D eigenvalue weighted by atomic mass is 10.0. The summed E-state index contributed by atoms with van der Waals surface area (Å²) in [7, 11) is -4.55. The fraction of sp³-hybridized carbons (Fsp3) is 0.257. The number of aryl methyl sites for hydroxylation is 1. The van der Waals surface area contributed by atoms with Gasteiger partial charge in [-0.25, -0.2) is 8.42 Å². The molecule has 0 bridgehead atoms. The molecule has 1 N–H and O–H groups in total. The van der Waals surface area contributed by atoms with Crippen LogP contribution in [0, 0.1) is 6.92 Å². The summed E-state index contributed by atoms with van der Waals surface area (Å²) < 4.78 is 71.0. The average Bonchev–Trinajstić information content (AvgIpc) is 3.02. The minimum atomic E-state index is -4.76. The van der Waals surface area contributed by atoms with E-state index in [1.165, 1.54) is 23.1 Å². The number of sulfonamides is 1. The zero-order chi connectivity index (χ0) is 34.4. The molecule has 12 heteroatoms. The topological polar surface area (TPSA) is 86.8 Å². The van der Waals surface area contributed by atoms with Gasteiger partial charge in [0.25, 0.3) is 10.0 Å². The number of anilines is 1. The Labute approximate surface area is 281 Å². The van der Waals surface area contributed by atoms with E-state index in [2.05, 4.69) is 21.2 Å². The molecule has 2 amide bonds. The quantitative estimate of drug-likeness (QED) is 0.168. The number of nitrogens with zero attached hydrogens (tertiary/aromatic N) is 2. The Morgan fingerprint density at radius 1 is 0.851 bits per heavy atom. The van der Waals surface area contributed by atoms with Crippen LogP contribution >= 0.6 is 15.9 Å². The monoisotopic (exact) mass is 729 g/mol. The molecule has 0 radical (unpaired) electrons. The molecule has 4 aromatic carbocycles. The van der Waals surface area contributed by atoms with Crippen molar-refractivity contribution in [2.75, 3.05) is 10.8 Å². The van der Waals surface area contributed by atoms with Crippen molar-refractivity contribution in [2.24, 2.45) is 0 Å². The minimum absolute atomic E-state index is 0.0733. The molecule has 0 aliphatic carbocycles. The predicted octanol–water partition coefficient (Wildman–Crippen LogP) is 7.14. The summed E-state index contributed by atoms with van der Waals surface area (Å²) in [5.74, 6) is -1.23. The van der Waals surface area contributed by atoms with Crippen LogP contribution in [0.2, 0.25) is 0 Å². The maximum Gasteiger partial charge on any atom is 0.416 e. The molecule has 0 heterocycles. The number of alkyl halides is 3. The van der Waals surface area contributed by atoms with E-state index >= 15 is 0 Å². The summed E-state index contributed by atoms with van der Waals surface area (Å²) in [4.78, 5) is 29.3. The Morgan fingerprint density at radius 2 is 1.49 bits per heavy atom. The fourth-order valence-electron chi connectivity index (χ4n) is 4.92.